The number of hydrogen-bond acceptors (Lipinski definition) is 9. The largest absolute Gasteiger partial charge is 0.364 e. The molecule has 9 heteroatoms. The molecule has 4 atom stereocenters. The first-order valence-corrected chi connectivity index (χ1v) is 13.6. The Morgan fingerprint density at radius 1 is 1.09 bits per heavy atom. The van der Waals surface area contributed by atoms with Crippen molar-refractivity contribution in [3.05, 3.63) is 23.7 Å². The van der Waals surface area contributed by atoms with Gasteiger partial charge in [-0.1, -0.05) is 11.8 Å². The van der Waals surface area contributed by atoms with Gasteiger partial charge in [-0.2, -0.15) is 0 Å². The van der Waals surface area contributed by atoms with Crippen molar-refractivity contribution in [3.8, 4) is 10.6 Å². The minimum atomic E-state index is -0.546. The maximum atomic E-state index is 6.41. The van der Waals surface area contributed by atoms with E-state index in [0.717, 1.165) is 55.5 Å². The molecule has 4 heterocycles. The van der Waals surface area contributed by atoms with E-state index in [-0.39, 0.29) is 18.2 Å². The van der Waals surface area contributed by atoms with Gasteiger partial charge in [0.05, 0.1) is 33.8 Å². The molecule has 3 fully saturated rings. The van der Waals surface area contributed by atoms with E-state index in [0.29, 0.717) is 5.92 Å². The summed E-state index contributed by atoms with van der Waals surface area (Å²) in [6.07, 6.45) is 7.66. The Labute approximate surface area is 202 Å². The number of fused-ring (bicyclic) bond motifs is 2. The molecule has 3 aromatic heterocycles. The lowest BCUT2D eigenvalue weighted by Gasteiger charge is -2.25. The minimum Gasteiger partial charge on any atom is -0.364 e. The molecule has 0 spiro atoms. The Bertz CT molecular complexity index is 1230. The standard InChI is InChI=1S/C24H29N5O2S2/c1-11-17(22-28-18-12(2)25-9-8-16(18)33-22)21(29-23(26-11)32-5)27-15-10-14(13-6-7-13)19-20(15)31-24(3,4)30-19/h8-9,13-15,19-20H,6-7,10H2,1-5H3,(H,26,27,29)/t14-,15-,19-,20+/m1/s1. The van der Waals surface area contributed by atoms with Crippen LogP contribution in [0.2, 0.25) is 0 Å². The van der Waals surface area contributed by atoms with Crippen LogP contribution < -0.4 is 5.32 Å². The van der Waals surface area contributed by atoms with Crippen LogP contribution in [0.4, 0.5) is 5.82 Å². The molecule has 3 aromatic rings. The normalized spacial score (nSPS) is 28.4. The molecule has 7 nitrogen and oxygen atoms in total. The van der Waals surface area contributed by atoms with Gasteiger partial charge in [0.15, 0.2) is 10.9 Å². The number of thioether (sulfide) groups is 1. The molecule has 33 heavy (non-hydrogen) atoms. The third-order valence-corrected chi connectivity index (χ3v) is 8.60. The van der Waals surface area contributed by atoms with Crippen molar-refractivity contribution >= 4 is 39.1 Å². The number of anilines is 1. The number of aromatic nitrogens is 4. The monoisotopic (exact) mass is 483 g/mol. The lowest BCUT2D eigenvalue weighted by Crippen LogP contribution is -2.35. The van der Waals surface area contributed by atoms with E-state index in [1.165, 1.54) is 12.8 Å². The van der Waals surface area contributed by atoms with Crippen LogP contribution in [0.3, 0.4) is 0 Å². The molecule has 1 aliphatic heterocycles. The first-order valence-electron chi connectivity index (χ1n) is 11.6. The van der Waals surface area contributed by atoms with E-state index in [2.05, 4.69) is 10.3 Å². The molecule has 2 saturated carbocycles. The fraction of sp³-hybridized carbons (Fsp3) is 0.583. The number of pyridine rings is 1. The van der Waals surface area contributed by atoms with Crippen LogP contribution >= 0.6 is 23.1 Å². The van der Waals surface area contributed by atoms with E-state index in [4.69, 9.17) is 24.4 Å². The van der Waals surface area contributed by atoms with Crippen LogP contribution in [0.5, 0.6) is 0 Å². The predicted molar refractivity (Wildman–Crippen MR) is 132 cm³/mol. The summed E-state index contributed by atoms with van der Waals surface area (Å²) in [5.74, 6) is 1.59. The molecule has 1 saturated heterocycles. The highest BCUT2D eigenvalue weighted by molar-refractivity contribution is 7.98. The number of thiazole rings is 1. The molecular formula is C24H29N5O2S2. The van der Waals surface area contributed by atoms with Crippen molar-refractivity contribution in [2.24, 2.45) is 11.8 Å². The Morgan fingerprint density at radius 2 is 1.88 bits per heavy atom. The smallest absolute Gasteiger partial charge is 0.189 e. The van der Waals surface area contributed by atoms with E-state index in [1.807, 2.05) is 46.2 Å². The SMILES string of the molecule is CSc1nc(C)c(-c2nc3c(C)nccc3s2)c(N[C@@H]2C[C@H](C3CC3)[C@H]3OC(C)(C)O[C@H]32)n1. The Kier molecular flexibility index (Phi) is 5.17. The maximum Gasteiger partial charge on any atom is 0.189 e. The lowest BCUT2D eigenvalue weighted by molar-refractivity contribution is -0.158. The summed E-state index contributed by atoms with van der Waals surface area (Å²) in [5, 5.41) is 5.47. The fourth-order valence-corrected chi connectivity index (χ4v) is 6.93. The van der Waals surface area contributed by atoms with Crippen molar-refractivity contribution in [3.63, 3.8) is 0 Å². The molecule has 1 N–H and O–H groups in total. The molecule has 0 bridgehead atoms. The second-order valence-corrected chi connectivity index (χ2v) is 11.6. The zero-order valence-corrected chi connectivity index (χ0v) is 21.2. The second kappa shape index (κ2) is 7.86. The second-order valence-electron chi connectivity index (χ2n) is 9.83. The first-order chi connectivity index (χ1) is 15.8. The highest BCUT2D eigenvalue weighted by Gasteiger charge is 2.57. The number of hydrogen-bond donors (Lipinski definition) is 1. The van der Waals surface area contributed by atoms with Gasteiger partial charge in [-0.3, -0.25) is 4.98 Å². The van der Waals surface area contributed by atoms with E-state index < -0.39 is 5.79 Å². The van der Waals surface area contributed by atoms with E-state index >= 15 is 0 Å². The van der Waals surface area contributed by atoms with Gasteiger partial charge in [0.2, 0.25) is 0 Å². The lowest BCUT2D eigenvalue weighted by atomic mass is 9.99. The molecule has 0 aromatic carbocycles. The summed E-state index contributed by atoms with van der Waals surface area (Å²) >= 11 is 3.22. The number of nitrogens with zero attached hydrogens (tertiary/aromatic N) is 4. The maximum absolute atomic E-state index is 6.41. The molecule has 0 radical (unpaired) electrons. The fourth-order valence-electron chi connectivity index (χ4n) is 5.41. The van der Waals surface area contributed by atoms with Crippen molar-refractivity contribution in [2.45, 2.75) is 76.2 Å². The predicted octanol–water partition coefficient (Wildman–Crippen LogP) is 5.22. The van der Waals surface area contributed by atoms with Crippen molar-refractivity contribution in [2.75, 3.05) is 11.6 Å². The zero-order chi connectivity index (χ0) is 22.9. The highest BCUT2D eigenvalue weighted by Crippen LogP contribution is 2.52. The molecule has 174 valence electrons. The summed E-state index contributed by atoms with van der Waals surface area (Å²) in [6.45, 7) is 8.09. The van der Waals surface area contributed by atoms with Gasteiger partial charge in [-0.05, 0) is 71.1 Å². The zero-order valence-electron chi connectivity index (χ0n) is 19.6. The summed E-state index contributed by atoms with van der Waals surface area (Å²) in [5.41, 5.74) is 3.78. The summed E-state index contributed by atoms with van der Waals surface area (Å²) < 4.78 is 13.9. The van der Waals surface area contributed by atoms with Gasteiger partial charge < -0.3 is 14.8 Å². The van der Waals surface area contributed by atoms with Gasteiger partial charge in [0, 0.05) is 6.20 Å². The quantitative estimate of drug-likeness (QED) is 0.391. The van der Waals surface area contributed by atoms with Gasteiger partial charge in [0.25, 0.3) is 0 Å². The average molecular weight is 484 g/mol. The average Bonchev–Trinajstić information content (AvgIpc) is 3.32. The van der Waals surface area contributed by atoms with Gasteiger partial charge in [-0.25, -0.2) is 15.0 Å². The van der Waals surface area contributed by atoms with Crippen LogP contribution in [0.15, 0.2) is 17.4 Å². The van der Waals surface area contributed by atoms with Crippen LogP contribution in [-0.2, 0) is 9.47 Å². The molecule has 6 rings (SSSR count). The molecule has 0 unspecified atom stereocenters. The van der Waals surface area contributed by atoms with Crippen LogP contribution in [-0.4, -0.2) is 50.2 Å². The number of ether oxygens (including phenoxy) is 2. The third kappa shape index (κ3) is 3.83. The Morgan fingerprint density at radius 3 is 2.61 bits per heavy atom. The minimum absolute atomic E-state index is 0.0215. The Balaban J connectivity index is 1.40. The first kappa shape index (κ1) is 21.7. The summed E-state index contributed by atoms with van der Waals surface area (Å²) in [4.78, 5) is 19.0. The molecule has 3 aliphatic rings. The van der Waals surface area contributed by atoms with E-state index in [9.17, 15) is 0 Å². The molecular weight excluding hydrogens is 454 g/mol. The summed E-state index contributed by atoms with van der Waals surface area (Å²) in [7, 11) is 0. The van der Waals surface area contributed by atoms with Crippen molar-refractivity contribution < 1.29 is 9.47 Å². The van der Waals surface area contributed by atoms with Gasteiger partial charge in [-0.15, -0.1) is 11.3 Å². The Hall–Kier alpha value is -1.81. The highest BCUT2D eigenvalue weighted by atomic mass is 32.2. The number of nitrogens with one attached hydrogen (secondary N) is 1. The van der Waals surface area contributed by atoms with Gasteiger partial charge >= 0.3 is 0 Å². The molecule has 0 amide bonds. The molecule has 2 aliphatic carbocycles. The number of rotatable bonds is 5. The third-order valence-electron chi connectivity index (χ3n) is 7.01. The topological polar surface area (TPSA) is 82.1 Å². The van der Waals surface area contributed by atoms with Crippen LogP contribution in [0.1, 0.15) is 44.5 Å². The number of aryl methyl sites for hydroxylation is 2. The van der Waals surface area contributed by atoms with Crippen LogP contribution in [0, 0.1) is 25.7 Å². The van der Waals surface area contributed by atoms with E-state index in [1.54, 1.807) is 23.1 Å². The summed E-state index contributed by atoms with van der Waals surface area (Å²) in [6, 6.07) is 2.17. The van der Waals surface area contributed by atoms with Crippen LogP contribution in [0.25, 0.3) is 20.8 Å². The van der Waals surface area contributed by atoms with Gasteiger partial charge in [0.1, 0.15) is 22.4 Å². The van der Waals surface area contributed by atoms with Crippen molar-refractivity contribution in [1.29, 1.82) is 0 Å². The van der Waals surface area contributed by atoms with Crippen molar-refractivity contribution in [1.82, 2.24) is 19.9 Å².